The topological polar surface area (TPSA) is 72.2 Å². The second-order valence-corrected chi connectivity index (χ2v) is 5.00. The minimum atomic E-state index is -3.21. The van der Waals surface area contributed by atoms with Crippen LogP contribution >= 0.6 is 0 Å². The van der Waals surface area contributed by atoms with Crippen LogP contribution in [0.3, 0.4) is 0 Å². The van der Waals surface area contributed by atoms with Crippen molar-refractivity contribution in [1.82, 2.24) is 9.71 Å². The van der Waals surface area contributed by atoms with Gasteiger partial charge in [0.25, 0.3) is 0 Å². The van der Waals surface area contributed by atoms with Crippen molar-refractivity contribution >= 4 is 21.1 Å². The average molecular weight is 226 g/mol. The van der Waals surface area contributed by atoms with E-state index in [9.17, 15) is 8.42 Å². The van der Waals surface area contributed by atoms with Crippen molar-refractivity contribution in [3.05, 3.63) is 30.2 Å². The van der Waals surface area contributed by atoms with E-state index in [4.69, 9.17) is 4.42 Å². The highest BCUT2D eigenvalue weighted by Crippen LogP contribution is 2.14. The molecule has 2 aromatic rings. The Balaban J connectivity index is 2.23. The number of para-hydroxylation sites is 2. The molecule has 0 saturated carbocycles. The smallest absolute Gasteiger partial charge is 0.210 e. The molecule has 0 atom stereocenters. The number of nitrogens with zero attached hydrogens (tertiary/aromatic N) is 1. The molecule has 0 saturated heterocycles. The van der Waals surface area contributed by atoms with E-state index in [1.54, 1.807) is 6.07 Å². The number of hydrogen-bond donors (Lipinski definition) is 1. The quantitative estimate of drug-likeness (QED) is 0.843. The Labute approximate surface area is 87.2 Å². The number of aromatic nitrogens is 1. The first-order valence-corrected chi connectivity index (χ1v) is 6.23. The molecule has 1 N–H and O–H groups in total. The van der Waals surface area contributed by atoms with Crippen molar-refractivity contribution in [2.45, 2.75) is 6.54 Å². The summed E-state index contributed by atoms with van der Waals surface area (Å²) in [5, 5.41) is 0. The van der Waals surface area contributed by atoms with E-state index in [-0.39, 0.29) is 6.54 Å². The number of hydrogen-bond acceptors (Lipinski definition) is 4. The third kappa shape index (κ3) is 2.54. The van der Waals surface area contributed by atoms with Gasteiger partial charge in [-0.25, -0.2) is 18.1 Å². The van der Waals surface area contributed by atoms with Gasteiger partial charge in [-0.3, -0.25) is 0 Å². The van der Waals surface area contributed by atoms with Crippen LogP contribution < -0.4 is 4.72 Å². The van der Waals surface area contributed by atoms with E-state index in [1.165, 1.54) is 0 Å². The Kier molecular flexibility index (Phi) is 2.45. The fraction of sp³-hybridized carbons (Fsp3) is 0.222. The van der Waals surface area contributed by atoms with E-state index < -0.39 is 10.0 Å². The highest BCUT2D eigenvalue weighted by atomic mass is 32.2. The molecule has 2 rings (SSSR count). The maximum Gasteiger partial charge on any atom is 0.210 e. The fourth-order valence-electron chi connectivity index (χ4n) is 1.19. The Hall–Kier alpha value is -1.40. The number of benzene rings is 1. The molecule has 1 aromatic heterocycles. The highest BCUT2D eigenvalue weighted by molar-refractivity contribution is 7.88. The normalized spacial score (nSPS) is 12.1. The zero-order valence-electron chi connectivity index (χ0n) is 8.10. The SMILES string of the molecule is CS(=O)(=O)NCc1nc2ccccc2o1. The van der Waals surface area contributed by atoms with Gasteiger partial charge in [-0.1, -0.05) is 12.1 Å². The first kappa shape index (κ1) is 10.1. The Bertz CT molecular complexity index is 541. The summed E-state index contributed by atoms with van der Waals surface area (Å²) in [4.78, 5) is 4.12. The van der Waals surface area contributed by atoms with Gasteiger partial charge in [0.05, 0.1) is 12.8 Å². The summed E-state index contributed by atoms with van der Waals surface area (Å²) in [5.41, 5.74) is 1.38. The minimum Gasteiger partial charge on any atom is -0.439 e. The number of nitrogens with one attached hydrogen (secondary N) is 1. The first-order chi connectivity index (χ1) is 7.04. The molecule has 0 bridgehead atoms. The average Bonchev–Trinajstić information content (AvgIpc) is 2.56. The van der Waals surface area contributed by atoms with Crippen LogP contribution in [0.1, 0.15) is 5.89 Å². The fourth-order valence-corrected chi connectivity index (χ4v) is 1.57. The van der Waals surface area contributed by atoms with Crippen LogP contribution in [0.4, 0.5) is 0 Å². The number of oxazole rings is 1. The van der Waals surface area contributed by atoms with Crippen LogP contribution in [-0.2, 0) is 16.6 Å². The van der Waals surface area contributed by atoms with Crippen LogP contribution in [0.2, 0.25) is 0 Å². The maximum atomic E-state index is 10.8. The predicted octanol–water partition coefficient (Wildman–Crippen LogP) is 0.877. The largest absolute Gasteiger partial charge is 0.439 e. The molecular weight excluding hydrogens is 216 g/mol. The summed E-state index contributed by atoms with van der Waals surface area (Å²) in [6, 6.07) is 7.27. The zero-order chi connectivity index (χ0) is 10.9. The van der Waals surface area contributed by atoms with Gasteiger partial charge in [-0.15, -0.1) is 0 Å². The van der Waals surface area contributed by atoms with E-state index in [1.807, 2.05) is 18.2 Å². The molecule has 5 nitrogen and oxygen atoms in total. The van der Waals surface area contributed by atoms with Gasteiger partial charge in [-0.2, -0.15) is 0 Å². The lowest BCUT2D eigenvalue weighted by Crippen LogP contribution is -2.21. The predicted molar refractivity (Wildman–Crippen MR) is 55.7 cm³/mol. The summed E-state index contributed by atoms with van der Waals surface area (Å²) in [5.74, 6) is 0.363. The Morgan fingerprint density at radius 1 is 1.40 bits per heavy atom. The Morgan fingerprint density at radius 2 is 2.13 bits per heavy atom. The van der Waals surface area contributed by atoms with Gasteiger partial charge in [-0.05, 0) is 12.1 Å². The van der Waals surface area contributed by atoms with Crippen molar-refractivity contribution in [2.75, 3.05) is 6.26 Å². The van der Waals surface area contributed by atoms with Crippen LogP contribution in [0.25, 0.3) is 11.1 Å². The molecule has 1 heterocycles. The summed E-state index contributed by atoms with van der Waals surface area (Å²) >= 11 is 0. The van der Waals surface area contributed by atoms with Gasteiger partial charge in [0.1, 0.15) is 5.52 Å². The second kappa shape index (κ2) is 3.63. The van der Waals surface area contributed by atoms with Crippen molar-refractivity contribution in [3.63, 3.8) is 0 Å². The second-order valence-electron chi connectivity index (χ2n) is 3.17. The maximum absolute atomic E-state index is 10.8. The molecule has 0 aliphatic rings. The molecule has 0 spiro atoms. The third-order valence-electron chi connectivity index (χ3n) is 1.82. The summed E-state index contributed by atoms with van der Waals surface area (Å²) in [6.45, 7) is 0.0769. The van der Waals surface area contributed by atoms with E-state index in [0.717, 1.165) is 11.8 Å². The molecular formula is C9H10N2O3S. The van der Waals surface area contributed by atoms with E-state index >= 15 is 0 Å². The van der Waals surface area contributed by atoms with Crippen molar-refractivity contribution < 1.29 is 12.8 Å². The lowest BCUT2D eigenvalue weighted by Gasteiger charge is -1.96. The monoisotopic (exact) mass is 226 g/mol. The zero-order valence-corrected chi connectivity index (χ0v) is 8.91. The number of rotatable bonds is 3. The van der Waals surface area contributed by atoms with Crippen LogP contribution in [0.15, 0.2) is 28.7 Å². The molecule has 0 aliphatic heterocycles. The van der Waals surface area contributed by atoms with Gasteiger partial charge >= 0.3 is 0 Å². The van der Waals surface area contributed by atoms with Gasteiger partial charge in [0.2, 0.25) is 15.9 Å². The standard InChI is InChI=1S/C9H10N2O3S/c1-15(12,13)10-6-9-11-7-4-2-3-5-8(7)14-9/h2-5,10H,6H2,1H3. The molecule has 1 aromatic carbocycles. The van der Waals surface area contributed by atoms with Crippen LogP contribution in [-0.4, -0.2) is 19.7 Å². The molecule has 0 radical (unpaired) electrons. The molecule has 0 fully saturated rings. The molecule has 0 unspecified atom stereocenters. The van der Waals surface area contributed by atoms with Crippen molar-refractivity contribution in [2.24, 2.45) is 0 Å². The summed E-state index contributed by atoms with van der Waals surface area (Å²) in [6.07, 6.45) is 1.09. The molecule has 0 amide bonds. The van der Waals surface area contributed by atoms with Crippen LogP contribution in [0.5, 0.6) is 0 Å². The molecule has 0 aliphatic carbocycles. The molecule has 6 heteroatoms. The van der Waals surface area contributed by atoms with Gasteiger partial charge in [0.15, 0.2) is 5.58 Å². The lowest BCUT2D eigenvalue weighted by molar-refractivity contribution is 0.515. The number of fused-ring (bicyclic) bond motifs is 1. The first-order valence-electron chi connectivity index (χ1n) is 4.34. The van der Waals surface area contributed by atoms with E-state index in [0.29, 0.717) is 11.5 Å². The minimum absolute atomic E-state index is 0.0769. The Morgan fingerprint density at radius 3 is 2.80 bits per heavy atom. The third-order valence-corrected chi connectivity index (χ3v) is 2.49. The molecule has 80 valence electrons. The van der Waals surface area contributed by atoms with Gasteiger partial charge in [0, 0.05) is 0 Å². The molecule has 15 heavy (non-hydrogen) atoms. The number of sulfonamides is 1. The summed E-state index contributed by atoms with van der Waals surface area (Å²) < 4.78 is 29.3. The van der Waals surface area contributed by atoms with Crippen molar-refractivity contribution in [1.29, 1.82) is 0 Å². The highest BCUT2D eigenvalue weighted by Gasteiger charge is 2.07. The lowest BCUT2D eigenvalue weighted by atomic mass is 10.3. The van der Waals surface area contributed by atoms with Crippen molar-refractivity contribution in [3.8, 4) is 0 Å². The van der Waals surface area contributed by atoms with Gasteiger partial charge < -0.3 is 4.42 Å². The van der Waals surface area contributed by atoms with Crippen LogP contribution in [0, 0.1) is 0 Å². The van der Waals surface area contributed by atoms with E-state index in [2.05, 4.69) is 9.71 Å². The summed E-state index contributed by atoms with van der Waals surface area (Å²) in [7, 11) is -3.21.